The van der Waals surface area contributed by atoms with Gasteiger partial charge in [-0.3, -0.25) is 4.90 Å². The Morgan fingerprint density at radius 3 is 2.62 bits per heavy atom. The second-order valence-corrected chi connectivity index (χ2v) is 3.20. The third kappa shape index (κ3) is 2.12. The van der Waals surface area contributed by atoms with Crippen molar-refractivity contribution in [3.8, 4) is 0 Å². The Labute approximate surface area is 81.5 Å². The normalized spacial score (nSPS) is 9.77. The van der Waals surface area contributed by atoms with Gasteiger partial charge < -0.3 is 5.11 Å². The van der Waals surface area contributed by atoms with E-state index in [1.807, 2.05) is 13.0 Å². The molecule has 0 heterocycles. The van der Waals surface area contributed by atoms with Crippen LogP contribution in [0.2, 0.25) is 5.02 Å². The van der Waals surface area contributed by atoms with E-state index in [2.05, 4.69) is 0 Å². The minimum Gasteiger partial charge on any atom is -0.465 e. The molecule has 70 valence electrons. The highest BCUT2D eigenvalue weighted by atomic mass is 35.5. The molecule has 1 N–H and O–H groups in total. The summed E-state index contributed by atoms with van der Waals surface area (Å²) in [6, 6.07) is 5.24. The number of halogens is 1. The summed E-state index contributed by atoms with van der Waals surface area (Å²) >= 11 is 5.86. The second-order valence-electron chi connectivity index (χ2n) is 2.80. The van der Waals surface area contributed by atoms with E-state index in [0.29, 0.717) is 10.7 Å². The van der Waals surface area contributed by atoms with Crippen molar-refractivity contribution in [2.24, 2.45) is 0 Å². The first-order chi connectivity index (χ1) is 6.02. The monoisotopic (exact) mass is 199 g/mol. The molecule has 0 radical (unpaired) electrons. The van der Waals surface area contributed by atoms with E-state index < -0.39 is 6.09 Å². The molecule has 1 rings (SSSR count). The first-order valence-corrected chi connectivity index (χ1v) is 4.13. The number of carboxylic acid groups (broad SMARTS) is 1. The lowest BCUT2D eigenvalue weighted by molar-refractivity contribution is 0.203. The molecule has 0 saturated heterocycles. The van der Waals surface area contributed by atoms with Gasteiger partial charge in [0.25, 0.3) is 0 Å². The Hall–Kier alpha value is -1.22. The number of amides is 1. The summed E-state index contributed by atoms with van der Waals surface area (Å²) in [7, 11) is 1.46. The van der Waals surface area contributed by atoms with Crippen LogP contribution in [-0.4, -0.2) is 18.2 Å². The maximum absolute atomic E-state index is 10.6. The molecule has 0 atom stereocenters. The van der Waals surface area contributed by atoms with E-state index in [1.54, 1.807) is 12.1 Å². The van der Waals surface area contributed by atoms with Gasteiger partial charge in [-0.05, 0) is 24.6 Å². The molecule has 3 nitrogen and oxygen atoms in total. The van der Waals surface area contributed by atoms with Crippen molar-refractivity contribution in [1.82, 2.24) is 0 Å². The van der Waals surface area contributed by atoms with E-state index in [4.69, 9.17) is 16.7 Å². The summed E-state index contributed by atoms with van der Waals surface area (Å²) in [4.78, 5) is 11.7. The quantitative estimate of drug-likeness (QED) is 0.756. The zero-order chi connectivity index (χ0) is 10.0. The molecule has 0 spiro atoms. The standard InChI is InChI=1S/C9H10ClNO2/c1-6-3-4-8(7(10)5-6)11(2)9(12)13/h3-5H,1-2H3,(H,12,13). The Morgan fingerprint density at radius 2 is 2.15 bits per heavy atom. The summed E-state index contributed by atoms with van der Waals surface area (Å²) in [6.45, 7) is 1.90. The van der Waals surface area contributed by atoms with Gasteiger partial charge in [0.05, 0.1) is 10.7 Å². The molecule has 0 saturated carbocycles. The van der Waals surface area contributed by atoms with Crippen molar-refractivity contribution in [1.29, 1.82) is 0 Å². The van der Waals surface area contributed by atoms with Crippen molar-refractivity contribution < 1.29 is 9.90 Å². The van der Waals surface area contributed by atoms with Crippen molar-refractivity contribution in [3.05, 3.63) is 28.8 Å². The van der Waals surface area contributed by atoms with Crippen molar-refractivity contribution in [2.75, 3.05) is 11.9 Å². The van der Waals surface area contributed by atoms with Gasteiger partial charge in [-0.1, -0.05) is 17.7 Å². The van der Waals surface area contributed by atoms with Crippen LogP contribution in [-0.2, 0) is 0 Å². The highest BCUT2D eigenvalue weighted by Crippen LogP contribution is 2.25. The molecule has 0 aliphatic heterocycles. The molecule has 0 unspecified atom stereocenters. The molecule has 0 aromatic heterocycles. The van der Waals surface area contributed by atoms with Crippen LogP contribution < -0.4 is 4.90 Å². The van der Waals surface area contributed by atoms with Crippen LogP contribution in [0.15, 0.2) is 18.2 Å². The highest BCUT2D eigenvalue weighted by Gasteiger charge is 2.11. The summed E-state index contributed by atoms with van der Waals surface area (Å²) in [5.74, 6) is 0. The van der Waals surface area contributed by atoms with Gasteiger partial charge in [-0.25, -0.2) is 4.79 Å². The van der Waals surface area contributed by atoms with Gasteiger partial charge in [0, 0.05) is 7.05 Å². The fraction of sp³-hybridized carbons (Fsp3) is 0.222. The maximum Gasteiger partial charge on any atom is 0.411 e. The second kappa shape index (κ2) is 3.66. The minimum atomic E-state index is -1.02. The fourth-order valence-electron chi connectivity index (χ4n) is 0.987. The number of rotatable bonds is 1. The van der Waals surface area contributed by atoms with Gasteiger partial charge in [0.15, 0.2) is 0 Å². The molecule has 1 amide bonds. The predicted octanol–water partition coefficient (Wildman–Crippen LogP) is 2.76. The van der Waals surface area contributed by atoms with Gasteiger partial charge in [0.2, 0.25) is 0 Å². The van der Waals surface area contributed by atoms with Crippen LogP contribution in [0.1, 0.15) is 5.56 Å². The summed E-state index contributed by atoms with van der Waals surface area (Å²) in [5.41, 5.74) is 1.51. The van der Waals surface area contributed by atoms with Crippen LogP contribution in [0, 0.1) is 6.92 Å². The summed E-state index contributed by atoms with van der Waals surface area (Å²) in [6.07, 6.45) is -1.02. The molecule has 1 aromatic carbocycles. The maximum atomic E-state index is 10.6. The Bertz CT molecular complexity index is 338. The number of aryl methyl sites for hydroxylation is 1. The topological polar surface area (TPSA) is 40.5 Å². The SMILES string of the molecule is Cc1ccc(N(C)C(=O)O)c(Cl)c1. The van der Waals surface area contributed by atoms with Crippen LogP contribution in [0.25, 0.3) is 0 Å². The average molecular weight is 200 g/mol. The number of benzene rings is 1. The summed E-state index contributed by atoms with van der Waals surface area (Å²) < 4.78 is 0. The van der Waals surface area contributed by atoms with Gasteiger partial charge in [-0.2, -0.15) is 0 Å². The number of carbonyl (C=O) groups is 1. The number of hydrogen-bond donors (Lipinski definition) is 1. The van der Waals surface area contributed by atoms with Crippen LogP contribution in [0.4, 0.5) is 10.5 Å². The van der Waals surface area contributed by atoms with Crippen LogP contribution in [0.3, 0.4) is 0 Å². The van der Waals surface area contributed by atoms with Crippen LogP contribution in [0.5, 0.6) is 0 Å². The fourth-order valence-corrected chi connectivity index (χ4v) is 1.35. The average Bonchev–Trinajstić information content (AvgIpc) is 2.03. The predicted molar refractivity (Wildman–Crippen MR) is 52.6 cm³/mol. The lowest BCUT2D eigenvalue weighted by atomic mass is 10.2. The first-order valence-electron chi connectivity index (χ1n) is 3.75. The lowest BCUT2D eigenvalue weighted by Gasteiger charge is -2.14. The smallest absolute Gasteiger partial charge is 0.411 e. The molecule has 4 heteroatoms. The van der Waals surface area contributed by atoms with Crippen molar-refractivity contribution in [3.63, 3.8) is 0 Å². The van der Waals surface area contributed by atoms with E-state index >= 15 is 0 Å². The molecule has 0 aliphatic rings. The van der Waals surface area contributed by atoms with E-state index in [9.17, 15) is 4.79 Å². The van der Waals surface area contributed by atoms with E-state index in [0.717, 1.165) is 10.5 Å². The third-order valence-corrected chi connectivity index (χ3v) is 2.05. The molecule has 0 fully saturated rings. The lowest BCUT2D eigenvalue weighted by Crippen LogP contribution is -2.23. The molecule has 0 bridgehead atoms. The Kier molecular flexibility index (Phi) is 2.78. The Balaban J connectivity index is 3.08. The number of hydrogen-bond acceptors (Lipinski definition) is 1. The van der Waals surface area contributed by atoms with Gasteiger partial charge >= 0.3 is 6.09 Å². The molecule has 13 heavy (non-hydrogen) atoms. The summed E-state index contributed by atoms with van der Waals surface area (Å²) in [5, 5.41) is 9.15. The van der Waals surface area contributed by atoms with Gasteiger partial charge in [0.1, 0.15) is 0 Å². The number of anilines is 1. The molecule has 0 aliphatic carbocycles. The molecular weight excluding hydrogens is 190 g/mol. The van der Waals surface area contributed by atoms with E-state index in [-0.39, 0.29) is 0 Å². The van der Waals surface area contributed by atoms with E-state index in [1.165, 1.54) is 7.05 Å². The van der Waals surface area contributed by atoms with Gasteiger partial charge in [-0.15, -0.1) is 0 Å². The Morgan fingerprint density at radius 1 is 1.54 bits per heavy atom. The largest absolute Gasteiger partial charge is 0.465 e. The third-order valence-electron chi connectivity index (χ3n) is 1.75. The minimum absolute atomic E-state index is 0.449. The highest BCUT2D eigenvalue weighted by molar-refractivity contribution is 6.33. The number of nitrogens with zero attached hydrogens (tertiary/aromatic N) is 1. The molecule has 1 aromatic rings. The van der Waals surface area contributed by atoms with Crippen molar-refractivity contribution in [2.45, 2.75) is 6.92 Å². The first kappa shape index (κ1) is 9.86. The zero-order valence-corrected chi connectivity index (χ0v) is 8.17. The zero-order valence-electron chi connectivity index (χ0n) is 7.41. The van der Waals surface area contributed by atoms with Crippen molar-refractivity contribution >= 4 is 23.4 Å². The molecular formula is C9H10ClNO2. The van der Waals surface area contributed by atoms with Crippen LogP contribution >= 0.6 is 11.6 Å².